The molecule has 1 heterocycles. The first-order chi connectivity index (χ1) is 11.8. The van der Waals surface area contributed by atoms with Crippen LogP contribution in [0.5, 0.6) is 5.75 Å². The van der Waals surface area contributed by atoms with Crippen molar-refractivity contribution in [3.05, 3.63) is 35.7 Å². The number of H-pyrrole nitrogens is 1. The maximum Gasteiger partial charge on any atom is 0.194 e. The zero-order chi connectivity index (χ0) is 16.7. The summed E-state index contributed by atoms with van der Waals surface area (Å²) in [4.78, 5) is 0. The number of nitrogens with one attached hydrogen (secondary N) is 2. The number of rotatable bonds is 9. The van der Waals surface area contributed by atoms with Gasteiger partial charge in [0, 0.05) is 6.54 Å². The minimum absolute atomic E-state index is 0.137. The second-order valence-corrected chi connectivity index (χ2v) is 6.58. The van der Waals surface area contributed by atoms with E-state index in [4.69, 9.17) is 4.74 Å². The van der Waals surface area contributed by atoms with Crippen molar-refractivity contribution in [1.82, 2.24) is 25.9 Å². The number of benzene rings is 1. The molecule has 1 aromatic carbocycles. The number of ether oxygens (including phenoxy) is 1. The van der Waals surface area contributed by atoms with Gasteiger partial charge >= 0.3 is 0 Å². The Labute approximate surface area is 143 Å². The lowest BCUT2D eigenvalue weighted by atomic mass is 9.96. The van der Waals surface area contributed by atoms with E-state index in [-0.39, 0.29) is 5.54 Å². The van der Waals surface area contributed by atoms with Crippen molar-refractivity contribution in [2.45, 2.75) is 64.0 Å². The summed E-state index contributed by atoms with van der Waals surface area (Å²) < 4.78 is 5.77. The predicted molar refractivity (Wildman–Crippen MR) is 92.6 cm³/mol. The molecule has 1 saturated carbocycles. The van der Waals surface area contributed by atoms with Gasteiger partial charge in [-0.1, -0.05) is 50.0 Å². The molecule has 2 N–H and O–H groups in total. The van der Waals surface area contributed by atoms with E-state index in [1.807, 2.05) is 0 Å². The highest BCUT2D eigenvalue weighted by atomic mass is 16.5. The molecule has 2 aromatic rings. The van der Waals surface area contributed by atoms with Gasteiger partial charge in [-0.2, -0.15) is 5.21 Å². The van der Waals surface area contributed by atoms with E-state index in [0.717, 1.165) is 44.0 Å². The molecule has 0 radical (unpaired) electrons. The molecule has 0 atom stereocenters. The van der Waals surface area contributed by atoms with Gasteiger partial charge in [0.2, 0.25) is 0 Å². The topological polar surface area (TPSA) is 75.7 Å². The molecule has 0 bridgehead atoms. The Morgan fingerprint density at radius 1 is 1.17 bits per heavy atom. The van der Waals surface area contributed by atoms with E-state index in [2.05, 4.69) is 57.1 Å². The Hall–Kier alpha value is -1.95. The molecule has 6 nitrogen and oxygen atoms in total. The first kappa shape index (κ1) is 16.9. The Bertz CT molecular complexity index is 590. The SMILES string of the molecule is CCCCCOc1ccc(CNC2(c3nn[nH]n3)CCCC2)cc1. The smallest absolute Gasteiger partial charge is 0.194 e. The van der Waals surface area contributed by atoms with Crippen LogP contribution in [0, 0.1) is 0 Å². The number of hydrogen-bond donors (Lipinski definition) is 2. The highest BCUT2D eigenvalue weighted by Gasteiger charge is 2.38. The average Bonchev–Trinajstić information content (AvgIpc) is 3.30. The van der Waals surface area contributed by atoms with Gasteiger partial charge in [-0.25, -0.2) is 0 Å². The fraction of sp³-hybridized carbons (Fsp3) is 0.611. The van der Waals surface area contributed by atoms with Crippen molar-refractivity contribution in [3.8, 4) is 5.75 Å². The lowest BCUT2D eigenvalue weighted by Gasteiger charge is -2.26. The highest BCUT2D eigenvalue weighted by Crippen LogP contribution is 2.36. The van der Waals surface area contributed by atoms with Crippen molar-refractivity contribution >= 4 is 0 Å². The van der Waals surface area contributed by atoms with Crippen LogP contribution in [0.2, 0.25) is 0 Å². The van der Waals surface area contributed by atoms with E-state index in [1.165, 1.54) is 31.2 Å². The Morgan fingerprint density at radius 2 is 1.96 bits per heavy atom. The highest BCUT2D eigenvalue weighted by molar-refractivity contribution is 5.27. The summed E-state index contributed by atoms with van der Waals surface area (Å²) in [5, 5.41) is 18.4. The number of unbranched alkanes of at least 4 members (excludes halogenated alkanes) is 2. The van der Waals surface area contributed by atoms with E-state index in [0.29, 0.717) is 0 Å². The second kappa shape index (κ2) is 8.24. The summed E-state index contributed by atoms with van der Waals surface area (Å²) in [6.07, 6.45) is 8.08. The summed E-state index contributed by atoms with van der Waals surface area (Å²) >= 11 is 0. The van der Waals surface area contributed by atoms with Gasteiger partial charge < -0.3 is 10.1 Å². The van der Waals surface area contributed by atoms with Crippen LogP contribution in [0.3, 0.4) is 0 Å². The van der Waals surface area contributed by atoms with Gasteiger partial charge in [-0.3, -0.25) is 0 Å². The van der Waals surface area contributed by atoms with Gasteiger partial charge in [0.25, 0.3) is 0 Å². The summed E-state index contributed by atoms with van der Waals surface area (Å²) in [5.41, 5.74) is 1.10. The Balaban J connectivity index is 1.54. The zero-order valence-corrected chi connectivity index (χ0v) is 14.4. The molecule has 6 heteroatoms. The first-order valence-electron chi connectivity index (χ1n) is 9.03. The van der Waals surface area contributed by atoms with Gasteiger partial charge in [0.15, 0.2) is 5.82 Å². The van der Waals surface area contributed by atoms with E-state index >= 15 is 0 Å². The molecule has 0 amide bonds. The molecular formula is C18H27N5O. The van der Waals surface area contributed by atoms with Crippen molar-refractivity contribution in [2.24, 2.45) is 0 Å². The maximum absolute atomic E-state index is 5.77. The fourth-order valence-corrected chi connectivity index (χ4v) is 3.34. The van der Waals surface area contributed by atoms with Crippen LogP contribution in [-0.4, -0.2) is 27.2 Å². The van der Waals surface area contributed by atoms with E-state index in [9.17, 15) is 0 Å². The summed E-state index contributed by atoms with van der Waals surface area (Å²) in [6, 6.07) is 8.36. The summed E-state index contributed by atoms with van der Waals surface area (Å²) in [5.74, 6) is 1.74. The number of nitrogens with zero attached hydrogens (tertiary/aromatic N) is 3. The lowest BCUT2D eigenvalue weighted by Crippen LogP contribution is -2.40. The van der Waals surface area contributed by atoms with Crippen LogP contribution >= 0.6 is 0 Å². The van der Waals surface area contributed by atoms with Crippen molar-refractivity contribution in [3.63, 3.8) is 0 Å². The molecule has 1 aliphatic rings. The zero-order valence-electron chi connectivity index (χ0n) is 14.4. The molecular weight excluding hydrogens is 302 g/mol. The largest absolute Gasteiger partial charge is 0.494 e. The van der Waals surface area contributed by atoms with Crippen LogP contribution in [0.15, 0.2) is 24.3 Å². The second-order valence-electron chi connectivity index (χ2n) is 6.58. The molecule has 1 aromatic heterocycles. The molecule has 1 fully saturated rings. The van der Waals surface area contributed by atoms with Crippen LogP contribution in [0.25, 0.3) is 0 Å². The van der Waals surface area contributed by atoms with E-state index < -0.39 is 0 Å². The molecule has 3 rings (SSSR count). The Morgan fingerprint density at radius 3 is 2.62 bits per heavy atom. The molecule has 0 saturated heterocycles. The normalized spacial score (nSPS) is 16.4. The first-order valence-corrected chi connectivity index (χ1v) is 9.03. The van der Waals surface area contributed by atoms with Crippen molar-refractivity contribution in [2.75, 3.05) is 6.61 Å². The van der Waals surface area contributed by atoms with Crippen molar-refractivity contribution in [1.29, 1.82) is 0 Å². The van der Waals surface area contributed by atoms with E-state index in [1.54, 1.807) is 0 Å². The number of aromatic amines is 1. The number of hydrogen-bond acceptors (Lipinski definition) is 5. The minimum Gasteiger partial charge on any atom is -0.494 e. The Kier molecular flexibility index (Phi) is 5.80. The van der Waals surface area contributed by atoms with Crippen molar-refractivity contribution < 1.29 is 4.74 Å². The van der Waals surface area contributed by atoms with Crippen LogP contribution < -0.4 is 10.1 Å². The summed E-state index contributed by atoms with van der Waals surface area (Å²) in [6.45, 7) is 3.80. The monoisotopic (exact) mass is 329 g/mol. The van der Waals surface area contributed by atoms with Gasteiger partial charge in [0.1, 0.15) is 5.75 Å². The number of tetrazole rings is 1. The summed E-state index contributed by atoms with van der Waals surface area (Å²) in [7, 11) is 0. The maximum atomic E-state index is 5.77. The lowest BCUT2D eigenvalue weighted by molar-refractivity contribution is 0.305. The van der Waals surface area contributed by atoms with Crippen LogP contribution in [0.1, 0.15) is 63.3 Å². The predicted octanol–water partition coefficient (Wildman–Crippen LogP) is 3.33. The molecule has 1 aliphatic carbocycles. The quantitative estimate of drug-likeness (QED) is 0.690. The van der Waals surface area contributed by atoms with Crippen LogP contribution in [-0.2, 0) is 12.1 Å². The molecule has 24 heavy (non-hydrogen) atoms. The third-order valence-corrected chi connectivity index (χ3v) is 4.80. The standard InChI is InChI=1S/C18H27N5O/c1-2-3-6-13-24-16-9-7-15(8-10-16)14-19-18(11-4-5-12-18)17-20-22-23-21-17/h7-10,19H,2-6,11-14H2,1H3,(H,20,21,22,23). The van der Waals surface area contributed by atoms with Gasteiger partial charge in [-0.05, 0) is 37.0 Å². The third kappa shape index (κ3) is 4.12. The molecule has 0 unspecified atom stereocenters. The number of aromatic nitrogens is 4. The third-order valence-electron chi connectivity index (χ3n) is 4.80. The van der Waals surface area contributed by atoms with Gasteiger partial charge in [0.05, 0.1) is 12.1 Å². The minimum atomic E-state index is -0.137. The molecule has 0 spiro atoms. The van der Waals surface area contributed by atoms with Crippen LogP contribution in [0.4, 0.5) is 0 Å². The molecule has 0 aliphatic heterocycles. The fourth-order valence-electron chi connectivity index (χ4n) is 3.34. The average molecular weight is 329 g/mol. The van der Waals surface area contributed by atoms with Gasteiger partial charge in [-0.15, -0.1) is 10.2 Å². The molecule has 130 valence electrons.